The van der Waals surface area contributed by atoms with Gasteiger partial charge < -0.3 is 9.47 Å². The smallest absolute Gasteiger partial charge is 0.224 e. The van der Waals surface area contributed by atoms with Crippen molar-refractivity contribution in [1.29, 1.82) is 0 Å². The number of ether oxygens (including phenoxy) is 2. The number of thiophene rings is 2. The number of aryl methyl sites for hydroxylation is 2. The molecular weight excluding hydrogens is 252 g/mol. The summed E-state index contributed by atoms with van der Waals surface area (Å²) in [6.45, 7) is 5.54. The molecule has 1 aliphatic heterocycles. The van der Waals surface area contributed by atoms with E-state index in [1.54, 1.807) is 22.7 Å². The van der Waals surface area contributed by atoms with Crippen LogP contribution in [0.1, 0.15) is 22.3 Å². The topological polar surface area (TPSA) is 18.5 Å². The predicted molar refractivity (Wildman–Crippen MR) is 70.8 cm³/mol. The summed E-state index contributed by atoms with van der Waals surface area (Å²) in [5.41, 5.74) is 4.79. The van der Waals surface area contributed by atoms with E-state index >= 15 is 0 Å². The highest BCUT2D eigenvalue weighted by Gasteiger charge is 2.43. The lowest BCUT2D eigenvalue weighted by Gasteiger charge is -2.28. The van der Waals surface area contributed by atoms with Gasteiger partial charge in [-0.1, -0.05) is 0 Å². The van der Waals surface area contributed by atoms with Gasteiger partial charge in [0.2, 0.25) is 5.79 Å². The minimum Gasteiger partial charge on any atom is -0.340 e. The Morgan fingerprint density at radius 1 is 0.882 bits per heavy atom. The Labute approximate surface area is 109 Å². The second-order valence-corrected chi connectivity index (χ2v) is 5.74. The number of hydrogen-bond acceptors (Lipinski definition) is 4. The van der Waals surface area contributed by atoms with Gasteiger partial charge in [0.05, 0.1) is 13.2 Å². The van der Waals surface area contributed by atoms with Crippen molar-refractivity contribution in [1.82, 2.24) is 0 Å². The maximum atomic E-state index is 5.98. The van der Waals surface area contributed by atoms with Crippen LogP contribution in [0, 0.1) is 13.8 Å². The second kappa shape index (κ2) is 4.21. The van der Waals surface area contributed by atoms with E-state index in [-0.39, 0.29) is 0 Å². The first-order valence-electron chi connectivity index (χ1n) is 5.58. The molecule has 4 heteroatoms. The average molecular weight is 266 g/mol. The normalized spacial score (nSPS) is 18.7. The van der Waals surface area contributed by atoms with Gasteiger partial charge in [-0.25, -0.2) is 0 Å². The zero-order valence-electron chi connectivity index (χ0n) is 9.86. The van der Waals surface area contributed by atoms with E-state index in [4.69, 9.17) is 9.47 Å². The highest BCUT2D eigenvalue weighted by molar-refractivity contribution is 7.08. The van der Waals surface area contributed by atoms with Gasteiger partial charge in [-0.3, -0.25) is 0 Å². The highest BCUT2D eigenvalue weighted by atomic mass is 32.1. The fourth-order valence-electron chi connectivity index (χ4n) is 2.26. The third-order valence-corrected chi connectivity index (χ3v) is 4.84. The molecule has 0 spiro atoms. The Morgan fingerprint density at radius 2 is 1.35 bits per heavy atom. The fraction of sp³-hybridized carbons (Fsp3) is 0.385. The van der Waals surface area contributed by atoms with E-state index in [0.29, 0.717) is 13.2 Å². The molecular formula is C13H14O2S2. The standard InChI is InChI=1S/C13H14O2S2/c1-9-5-16-7-11(9)13(14-3-4-15-13)12-8-17-6-10(12)2/h5-8H,3-4H2,1-2H3. The van der Waals surface area contributed by atoms with Gasteiger partial charge in [-0.05, 0) is 46.5 Å². The second-order valence-electron chi connectivity index (χ2n) is 4.25. The summed E-state index contributed by atoms with van der Waals surface area (Å²) in [7, 11) is 0. The van der Waals surface area contributed by atoms with Crippen LogP contribution in [-0.4, -0.2) is 13.2 Å². The van der Waals surface area contributed by atoms with Crippen LogP contribution in [0.15, 0.2) is 21.5 Å². The lowest BCUT2D eigenvalue weighted by atomic mass is 9.97. The molecule has 17 heavy (non-hydrogen) atoms. The van der Waals surface area contributed by atoms with Gasteiger partial charge in [-0.2, -0.15) is 22.7 Å². The van der Waals surface area contributed by atoms with E-state index in [1.165, 1.54) is 11.1 Å². The molecule has 3 rings (SSSR count). The Kier molecular flexibility index (Phi) is 2.83. The molecule has 0 bridgehead atoms. The molecule has 2 aromatic rings. The van der Waals surface area contributed by atoms with Crippen LogP contribution in [-0.2, 0) is 15.3 Å². The molecule has 0 unspecified atom stereocenters. The Balaban J connectivity index is 2.18. The minimum absolute atomic E-state index is 0.657. The SMILES string of the molecule is Cc1cscc1C1(c2cscc2C)OCCO1. The van der Waals surface area contributed by atoms with Crippen molar-refractivity contribution in [3.8, 4) is 0 Å². The molecule has 2 nitrogen and oxygen atoms in total. The number of hydrogen-bond donors (Lipinski definition) is 0. The minimum atomic E-state index is -0.659. The Morgan fingerprint density at radius 3 is 1.71 bits per heavy atom. The molecule has 1 fully saturated rings. The zero-order valence-corrected chi connectivity index (χ0v) is 11.5. The van der Waals surface area contributed by atoms with Crippen LogP contribution in [0.3, 0.4) is 0 Å². The van der Waals surface area contributed by atoms with Crippen molar-refractivity contribution in [2.45, 2.75) is 19.6 Å². The van der Waals surface area contributed by atoms with Crippen LogP contribution in [0.5, 0.6) is 0 Å². The molecule has 0 radical (unpaired) electrons. The van der Waals surface area contributed by atoms with E-state index in [1.807, 2.05) is 0 Å². The van der Waals surface area contributed by atoms with Gasteiger partial charge in [0.1, 0.15) is 0 Å². The molecule has 90 valence electrons. The fourth-order valence-corrected chi connectivity index (χ4v) is 4.02. The molecule has 1 saturated heterocycles. The van der Waals surface area contributed by atoms with Crippen LogP contribution >= 0.6 is 22.7 Å². The van der Waals surface area contributed by atoms with E-state index in [9.17, 15) is 0 Å². The molecule has 0 amide bonds. The first-order chi connectivity index (χ1) is 8.24. The summed E-state index contributed by atoms with van der Waals surface area (Å²) >= 11 is 3.40. The summed E-state index contributed by atoms with van der Waals surface area (Å²) in [4.78, 5) is 0. The van der Waals surface area contributed by atoms with Crippen molar-refractivity contribution >= 4 is 22.7 Å². The molecule has 1 aliphatic rings. The molecule has 3 heterocycles. The molecule has 0 atom stereocenters. The van der Waals surface area contributed by atoms with Crippen molar-refractivity contribution in [3.63, 3.8) is 0 Å². The maximum Gasteiger partial charge on any atom is 0.224 e. The van der Waals surface area contributed by atoms with Gasteiger partial charge in [0.15, 0.2) is 0 Å². The summed E-state index contributed by atoms with van der Waals surface area (Å²) in [5.74, 6) is -0.659. The largest absolute Gasteiger partial charge is 0.340 e. The average Bonchev–Trinajstić information content (AvgIpc) is 2.98. The van der Waals surface area contributed by atoms with Crippen LogP contribution in [0.2, 0.25) is 0 Å². The van der Waals surface area contributed by atoms with E-state index < -0.39 is 5.79 Å². The lowest BCUT2D eigenvalue weighted by Crippen LogP contribution is -2.29. The Bertz CT molecular complexity index is 479. The van der Waals surface area contributed by atoms with Crippen molar-refractivity contribution in [2.75, 3.05) is 13.2 Å². The van der Waals surface area contributed by atoms with Gasteiger partial charge in [-0.15, -0.1) is 0 Å². The van der Waals surface area contributed by atoms with Gasteiger partial charge >= 0.3 is 0 Å². The summed E-state index contributed by atoms with van der Waals surface area (Å²) < 4.78 is 12.0. The van der Waals surface area contributed by atoms with Crippen LogP contribution in [0.25, 0.3) is 0 Å². The Hall–Kier alpha value is -0.680. The van der Waals surface area contributed by atoms with Gasteiger partial charge in [0.25, 0.3) is 0 Å². The summed E-state index contributed by atoms with van der Waals surface area (Å²) in [6, 6.07) is 0. The molecule has 2 aromatic heterocycles. The third-order valence-electron chi connectivity index (χ3n) is 3.11. The molecule has 0 N–H and O–H groups in total. The van der Waals surface area contributed by atoms with Crippen LogP contribution in [0.4, 0.5) is 0 Å². The third kappa shape index (κ3) is 1.67. The lowest BCUT2D eigenvalue weighted by molar-refractivity contribution is -0.130. The van der Waals surface area contributed by atoms with Crippen LogP contribution < -0.4 is 0 Å². The monoisotopic (exact) mass is 266 g/mol. The maximum absolute atomic E-state index is 5.98. The predicted octanol–water partition coefficient (Wildman–Crippen LogP) is 3.67. The zero-order chi connectivity index (χ0) is 11.9. The van der Waals surface area contributed by atoms with E-state index in [0.717, 1.165) is 11.1 Å². The first kappa shape index (κ1) is 11.4. The summed E-state index contributed by atoms with van der Waals surface area (Å²) in [5, 5.41) is 8.56. The van der Waals surface area contributed by atoms with Gasteiger partial charge in [0, 0.05) is 11.1 Å². The van der Waals surface area contributed by atoms with Crippen molar-refractivity contribution < 1.29 is 9.47 Å². The molecule has 0 aliphatic carbocycles. The highest BCUT2D eigenvalue weighted by Crippen LogP contribution is 2.43. The van der Waals surface area contributed by atoms with Crippen molar-refractivity contribution in [2.24, 2.45) is 0 Å². The quantitative estimate of drug-likeness (QED) is 0.825. The van der Waals surface area contributed by atoms with E-state index in [2.05, 4.69) is 35.4 Å². The molecule has 0 saturated carbocycles. The number of rotatable bonds is 2. The van der Waals surface area contributed by atoms with Crippen molar-refractivity contribution in [3.05, 3.63) is 43.8 Å². The molecule has 0 aromatic carbocycles. The summed E-state index contributed by atoms with van der Waals surface area (Å²) in [6.07, 6.45) is 0. The first-order valence-corrected chi connectivity index (χ1v) is 7.47.